The van der Waals surface area contributed by atoms with E-state index in [2.05, 4.69) is 0 Å². The Hall–Kier alpha value is -2.61. The van der Waals surface area contributed by atoms with Gasteiger partial charge in [0.15, 0.2) is 5.43 Å². The maximum atomic E-state index is 13.3. The maximum Gasteiger partial charge on any atom is 0.311 e. The number of carbonyl (C=O) groups excluding carboxylic acids is 4. The molecule has 37 heavy (non-hydrogen) atoms. The van der Waals surface area contributed by atoms with Crippen LogP contribution < -0.4 is 5.43 Å². The van der Waals surface area contributed by atoms with Crippen molar-refractivity contribution in [3.8, 4) is 0 Å². The van der Waals surface area contributed by atoms with Crippen LogP contribution in [-0.4, -0.2) is 40.6 Å². The second kappa shape index (κ2) is 13.8. The Labute approximate surface area is 220 Å². The number of aliphatic hydroxyl groups excluding tert-OH is 1. The molecule has 0 aliphatic carbocycles. The zero-order chi connectivity index (χ0) is 28.8. The quantitative estimate of drug-likeness (QED) is 0.360. The minimum Gasteiger partial charge on any atom is -0.465 e. The number of Topliss-reactive ketones (excluding diaryl/α,β-unsaturated/α-hetero) is 3. The number of aliphatic hydroxyl groups is 1. The average Bonchev–Trinajstić information content (AvgIpc) is 2.90. The van der Waals surface area contributed by atoms with Crippen molar-refractivity contribution in [1.82, 2.24) is 0 Å². The van der Waals surface area contributed by atoms with Crippen molar-refractivity contribution in [3.63, 3.8) is 0 Å². The van der Waals surface area contributed by atoms with Crippen LogP contribution in [0.15, 0.2) is 9.21 Å². The fourth-order valence-corrected chi connectivity index (χ4v) is 4.71. The lowest BCUT2D eigenvalue weighted by molar-refractivity contribution is -0.166. The molecule has 8 nitrogen and oxygen atoms in total. The predicted octanol–water partition coefficient (Wildman–Crippen LogP) is 4.27. The summed E-state index contributed by atoms with van der Waals surface area (Å²) in [4.78, 5) is 63.7. The SMILES string of the molecule is CCC(=O)[C@@H](C)C(OC(=O)[C@@H](C)[C@@H](O)[C@@H](C)C(=O)[C@H](C)c1oc(CC)c(C)c(=O)c1C)[C@@H](C)C(=O)CC. The topological polar surface area (TPSA) is 128 Å². The molecule has 0 fully saturated rings. The van der Waals surface area contributed by atoms with Gasteiger partial charge in [0, 0.05) is 36.3 Å². The van der Waals surface area contributed by atoms with Crippen LogP contribution in [0, 0.1) is 37.5 Å². The molecule has 7 atom stereocenters. The Morgan fingerprint density at radius 2 is 1.30 bits per heavy atom. The van der Waals surface area contributed by atoms with Crippen molar-refractivity contribution in [2.75, 3.05) is 0 Å². The maximum absolute atomic E-state index is 13.3. The third-order valence-electron chi connectivity index (χ3n) is 7.64. The lowest BCUT2D eigenvalue weighted by atomic mass is 9.83. The first-order valence-electron chi connectivity index (χ1n) is 13.3. The molecule has 0 amide bonds. The average molecular weight is 521 g/mol. The van der Waals surface area contributed by atoms with Crippen molar-refractivity contribution in [2.45, 2.75) is 107 Å². The van der Waals surface area contributed by atoms with Gasteiger partial charge in [-0.15, -0.1) is 0 Å². The number of rotatable bonds is 14. The van der Waals surface area contributed by atoms with E-state index in [-0.39, 0.29) is 41.4 Å². The van der Waals surface area contributed by atoms with E-state index in [0.29, 0.717) is 23.3 Å². The molecule has 0 radical (unpaired) electrons. The van der Waals surface area contributed by atoms with E-state index < -0.39 is 47.8 Å². The van der Waals surface area contributed by atoms with Gasteiger partial charge in [-0.3, -0.25) is 24.0 Å². The largest absolute Gasteiger partial charge is 0.465 e. The molecule has 1 N–H and O–H groups in total. The van der Waals surface area contributed by atoms with Crippen LogP contribution in [0.25, 0.3) is 0 Å². The molecule has 0 spiro atoms. The lowest BCUT2D eigenvalue weighted by Gasteiger charge is -2.31. The van der Waals surface area contributed by atoms with E-state index in [1.807, 2.05) is 6.92 Å². The Morgan fingerprint density at radius 3 is 1.73 bits per heavy atom. The molecule has 0 saturated heterocycles. The summed E-state index contributed by atoms with van der Waals surface area (Å²) in [5.41, 5.74) is 0.672. The summed E-state index contributed by atoms with van der Waals surface area (Å²) in [6.07, 6.45) is -1.39. The van der Waals surface area contributed by atoms with E-state index >= 15 is 0 Å². The van der Waals surface area contributed by atoms with Crippen LogP contribution in [0.3, 0.4) is 0 Å². The molecule has 0 aliphatic rings. The summed E-state index contributed by atoms with van der Waals surface area (Å²) in [5.74, 6) is -4.96. The van der Waals surface area contributed by atoms with E-state index in [1.165, 1.54) is 13.8 Å². The summed E-state index contributed by atoms with van der Waals surface area (Å²) in [5, 5.41) is 10.9. The third kappa shape index (κ3) is 7.24. The Balaban J connectivity index is 3.15. The highest BCUT2D eigenvalue weighted by molar-refractivity contribution is 5.88. The second-order valence-corrected chi connectivity index (χ2v) is 10.1. The Kier molecular flexibility index (Phi) is 12.1. The van der Waals surface area contributed by atoms with Crippen LogP contribution >= 0.6 is 0 Å². The zero-order valence-corrected chi connectivity index (χ0v) is 24.0. The van der Waals surface area contributed by atoms with Crippen molar-refractivity contribution in [2.24, 2.45) is 23.7 Å². The van der Waals surface area contributed by atoms with E-state index in [1.54, 1.807) is 48.5 Å². The van der Waals surface area contributed by atoms with Gasteiger partial charge in [0.05, 0.1) is 29.8 Å². The fourth-order valence-electron chi connectivity index (χ4n) is 4.71. The molecule has 0 aromatic carbocycles. The van der Waals surface area contributed by atoms with Gasteiger partial charge in [-0.05, 0) is 27.7 Å². The van der Waals surface area contributed by atoms with Gasteiger partial charge in [-0.2, -0.15) is 0 Å². The highest BCUT2D eigenvalue weighted by Crippen LogP contribution is 2.29. The highest BCUT2D eigenvalue weighted by Gasteiger charge is 2.39. The van der Waals surface area contributed by atoms with Crippen molar-refractivity contribution in [3.05, 3.63) is 32.9 Å². The molecule has 0 aliphatic heterocycles. The number of hydrogen-bond donors (Lipinski definition) is 1. The summed E-state index contributed by atoms with van der Waals surface area (Å²) in [7, 11) is 0. The normalized spacial score (nSPS) is 17.2. The highest BCUT2D eigenvalue weighted by atomic mass is 16.5. The number of hydrogen-bond acceptors (Lipinski definition) is 8. The number of esters is 1. The number of ether oxygens (including phenoxy) is 1. The molecule has 0 saturated carbocycles. The smallest absolute Gasteiger partial charge is 0.311 e. The third-order valence-corrected chi connectivity index (χ3v) is 7.64. The van der Waals surface area contributed by atoms with Crippen molar-refractivity contribution >= 4 is 23.3 Å². The summed E-state index contributed by atoms with van der Waals surface area (Å²) in [6.45, 7) is 16.4. The van der Waals surface area contributed by atoms with Crippen LogP contribution in [0.4, 0.5) is 0 Å². The lowest BCUT2D eigenvalue weighted by Crippen LogP contribution is -2.43. The first-order chi connectivity index (χ1) is 17.2. The minimum atomic E-state index is -1.39. The van der Waals surface area contributed by atoms with Crippen LogP contribution in [-0.2, 0) is 30.3 Å². The van der Waals surface area contributed by atoms with Crippen LogP contribution in [0.1, 0.15) is 96.8 Å². The molecule has 1 heterocycles. The van der Waals surface area contributed by atoms with Gasteiger partial charge in [-0.1, -0.05) is 41.5 Å². The van der Waals surface area contributed by atoms with E-state index in [9.17, 15) is 29.1 Å². The van der Waals surface area contributed by atoms with Gasteiger partial charge in [-0.25, -0.2) is 0 Å². The fraction of sp³-hybridized carbons (Fsp3) is 0.690. The second-order valence-electron chi connectivity index (χ2n) is 10.1. The molecule has 1 rings (SSSR count). The first-order valence-corrected chi connectivity index (χ1v) is 13.3. The van der Waals surface area contributed by atoms with Gasteiger partial charge in [0.25, 0.3) is 0 Å². The molecule has 8 heteroatoms. The standard InChI is InChI=1S/C29H44O8/c1-11-21(30)14(4)27(15(5)22(31)12-2)37-29(35)20(10)26(34)17(7)25(33)19(9)28-18(8)24(32)16(6)23(13-3)36-28/h14-15,17,19-20,26-27,34H,11-13H2,1-10H3/t14-,15+,17-,19-,20-,26-,27?/m0/s1. The molecule has 1 aromatic heterocycles. The van der Waals surface area contributed by atoms with Crippen molar-refractivity contribution in [1.29, 1.82) is 0 Å². The minimum absolute atomic E-state index is 0.138. The van der Waals surface area contributed by atoms with Gasteiger partial charge in [0.2, 0.25) is 0 Å². The number of ketones is 3. The van der Waals surface area contributed by atoms with Crippen LogP contribution in [0.5, 0.6) is 0 Å². The predicted molar refractivity (Wildman–Crippen MR) is 140 cm³/mol. The Morgan fingerprint density at radius 1 is 0.811 bits per heavy atom. The number of aryl methyl sites for hydroxylation is 1. The first kappa shape index (κ1) is 32.4. The Bertz CT molecular complexity index is 1030. The molecule has 208 valence electrons. The summed E-state index contributed by atoms with van der Waals surface area (Å²) in [6, 6.07) is 0. The van der Waals surface area contributed by atoms with Crippen molar-refractivity contribution < 1.29 is 33.4 Å². The molecular weight excluding hydrogens is 476 g/mol. The van der Waals surface area contributed by atoms with Gasteiger partial charge < -0.3 is 14.3 Å². The molecule has 1 unspecified atom stereocenters. The molecule has 0 bridgehead atoms. The number of carbonyl (C=O) groups is 4. The molecular formula is C29H44O8. The van der Waals surface area contributed by atoms with Crippen LogP contribution in [0.2, 0.25) is 0 Å². The summed E-state index contributed by atoms with van der Waals surface area (Å²) < 4.78 is 11.5. The van der Waals surface area contributed by atoms with Gasteiger partial charge in [0.1, 0.15) is 35.0 Å². The monoisotopic (exact) mass is 520 g/mol. The molecule has 1 aromatic rings. The van der Waals surface area contributed by atoms with E-state index in [0.717, 1.165) is 0 Å². The summed E-state index contributed by atoms with van der Waals surface area (Å²) >= 11 is 0. The van der Waals surface area contributed by atoms with E-state index in [4.69, 9.17) is 9.15 Å². The van der Waals surface area contributed by atoms with Gasteiger partial charge >= 0.3 is 5.97 Å². The zero-order valence-electron chi connectivity index (χ0n) is 24.0.